The first kappa shape index (κ1) is 16.2. The van der Waals surface area contributed by atoms with Crippen molar-refractivity contribution in [2.24, 2.45) is 0 Å². The van der Waals surface area contributed by atoms with Crippen molar-refractivity contribution in [3.05, 3.63) is 47.2 Å². The maximum Gasteiger partial charge on any atom is 0.0976 e. The second-order valence-electron chi connectivity index (χ2n) is 5.88. The Morgan fingerprint density at radius 3 is 2.43 bits per heavy atom. The number of nitrogens with one attached hydrogen (secondary N) is 1. The maximum absolute atomic E-state index is 12.1. The molecule has 0 saturated carbocycles. The van der Waals surface area contributed by atoms with Gasteiger partial charge in [0.15, 0.2) is 0 Å². The molecule has 1 heterocycles. The average molecular weight is 326 g/mol. The van der Waals surface area contributed by atoms with Gasteiger partial charge in [-0.15, -0.1) is 0 Å². The zero-order valence-corrected chi connectivity index (χ0v) is 14.2. The summed E-state index contributed by atoms with van der Waals surface area (Å²) in [5.41, 5.74) is 1.79. The second-order valence-corrected chi connectivity index (χ2v) is 8.32. The predicted molar refractivity (Wildman–Crippen MR) is 88.0 cm³/mol. The lowest BCUT2D eigenvalue weighted by molar-refractivity contribution is 0.608. The van der Waals surface area contributed by atoms with Crippen molar-refractivity contribution in [2.75, 3.05) is 0 Å². The van der Waals surface area contributed by atoms with Crippen LogP contribution in [-0.4, -0.2) is 18.7 Å². The van der Waals surface area contributed by atoms with Crippen molar-refractivity contribution < 1.29 is 4.21 Å². The Kier molecular flexibility index (Phi) is 4.86. The lowest BCUT2D eigenvalue weighted by Gasteiger charge is -2.21. The normalized spacial score (nSPS) is 14.9. The first-order valence-corrected chi connectivity index (χ1v) is 8.30. The molecule has 1 aromatic carbocycles. The molecule has 1 aromatic heterocycles. The maximum atomic E-state index is 12.1. The van der Waals surface area contributed by atoms with Crippen molar-refractivity contribution >= 4 is 22.6 Å². The molecular weight excluding hydrogens is 306 g/mol. The van der Waals surface area contributed by atoms with Crippen LogP contribution in [0, 0.1) is 0 Å². The van der Waals surface area contributed by atoms with Crippen LogP contribution in [0.15, 0.2) is 36.5 Å². The fourth-order valence-corrected chi connectivity index (χ4v) is 2.63. The van der Waals surface area contributed by atoms with Crippen molar-refractivity contribution in [1.82, 2.24) is 14.5 Å². The highest BCUT2D eigenvalue weighted by Gasteiger charge is 2.22. The number of benzene rings is 1. The molecule has 2 rings (SSSR count). The topological polar surface area (TPSA) is 46.9 Å². The smallest absolute Gasteiger partial charge is 0.0976 e. The monoisotopic (exact) mass is 325 g/mol. The van der Waals surface area contributed by atoms with Gasteiger partial charge in [-0.05, 0) is 58.0 Å². The second kappa shape index (κ2) is 6.30. The van der Waals surface area contributed by atoms with Gasteiger partial charge in [0.2, 0.25) is 0 Å². The van der Waals surface area contributed by atoms with Gasteiger partial charge in [-0.3, -0.25) is 0 Å². The quantitative estimate of drug-likeness (QED) is 0.933. The Bertz CT molecular complexity index is 631. The van der Waals surface area contributed by atoms with E-state index in [1.807, 2.05) is 64.2 Å². The Hall–Kier alpha value is -1.17. The summed E-state index contributed by atoms with van der Waals surface area (Å²) in [5.74, 6) is 0. The molecule has 2 aromatic rings. The first-order valence-electron chi connectivity index (χ1n) is 6.77. The van der Waals surface area contributed by atoms with Gasteiger partial charge >= 0.3 is 0 Å². The van der Waals surface area contributed by atoms with Gasteiger partial charge in [-0.2, -0.15) is 5.10 Å². The molecule has 0 aliphatic carbocycles. The zero-order chi connectivity index (χ0) is 15.6. The highest BCUT2D eigenvalue weighted by Crippen LogP contribution is 2.18. The van der Waals surface area contributed by atoms with E-state index in [1.54, 1.807) is 4.68 Å². The summed E-state index contributed by atoms with van der Waals surface area (Å²) in [5, 5.41) is 5.22. The lowest BCUT2D eigenvalue weighted by atomic mass is 10.3. The standard InChI is InChI=1S/C15H20ClN3OS/c1-11(18-21(20)15(2,3)4)14-9-10-19(17-14)13-7-5-12(16)6-8-13/h5-11,18H,1-4H3/t11-,21?/m1/s1. The van der Waals surface area contributed by atoms with Crippen LogP contribution in [-0.2, 0) is 11.0 Å². The van der Waals surface area contributed by atoms with Gasteiger partial charge in [0, 0.05) is 11.2 Å². The molecule has 1 N–H and O–H groups in total. The van der Waals surface area contributed by atoms with Crippen molar-refractivity contribution in [2.45, 2.75) is 38.5 Å². The van der Waals surface area contributed by atoms with Crippen LogP contribution in [0.5, 0.6) is 0 Å². The van der Waals surface area contributed by atoms with Crippen LogP contribution in [0.3, 0.4) is 0 Å². The third-order valence-corrected chi connectivity index (χ3v) is 4.92. The number of halogens is 1. The van der Waals surface area contributed by atoms with Crippen molar-refractivity contribution in [3.63, 3.8) is 0 Å². The third kappa shape index (κ3) is 4.15. The van der Waals surface area contributed by atoms with E-state index in [1.165, 1.54) is 0 Å². The molecule has 0 radical (unpaired) electrons. The van der Waals surface area contributed by atoms with Gasteiger partial charge in [0.05, 0.1) is 33.2 Å². The van der Waals surface area contributed by atoms with Gasteiger partial charge in [0.1, 0.15) is 0 Å². The van der Waals surface area contributed by atoms with E-state index in [0.29, 0.717) is 5.02 Å². The van der Waals surface area contributed by atoms with E-state index >= 15 is 0 Å². The number of nitrogens with zero attached hydrogens (tertiary/aromatic N) is 2. The molecule has 1 unspecified atom stereocenters. The van der Waals surface area contributed by atoms with E-state index < -0.39 is 11.0 Å². The molecule has 0 aliphatic heterocycles. The molecule has 114 valence electrons. The van der Waals surface area contributed by atoms with Gasteiger partial charge in [-0.1, -0.05) is 11.6 Å². The van der Waals surface area contributed by atoms with Gasteiger partial charge < -0.3 is 0 Å². The van der Waals surface area contributed by atoms with Crippen LogP contribution in [0.25, 0.3) is 5.69 Å². The SMILES string of the molecule is C[C@@H](NS(=O)C(C)(C)C)c1ccn(-c2ccc(Cl)cc2)n1. The Balaban J connectivity index is 2.12. The number of rotatable bonds is 4. The molecule has 21 heavy (non-hydrogen) atoms. The van der Waals surface area contributed by atoms with E-state index in [-0.39, 0.29) is 10.8 Å². The molecule has 4 nitrogen and oxygen atoms in total. The van der Waals surface area contributed by atoms with Crippen molar-refractivity contribution in [1.29, 1.82) is 0 Å². The minimum absolute atomic E-state index is 0.0846. The Morgan fingerprint density at radius 1 is 1.24 bits per heavy atom. The summed E-state index contributed by atoms with van der Waals surface area (Å²) < 4.78 is 16.7. The van der Waals surface area contributed by atoms with Crippen LogP contribution in [0.2, 0.25) is 5.02 Å². The minimum Gasteiger partial charge on any atom is -0.242 e. The minimum atomic E-state index is -1.12. The summed E-state index contributed by atoms with van der Waals surface area (Å²) in [6.45, 7) is 7.78. The van der Waals surface area contributed by atoms with Crippen LogP contribution >= 0.6 is 11.6 Å². The van der Waals surface area contributed by atoms with Crippen molar-refractivity contribution in [3.8, 4) is 5.69 Å². The zero-order valence-electron chi connectivity index (χ0n) is 12.6. The Morgan fingerprint density at radius 2 is 1.86 bits per heavy atom. The fourth-order valence-electron chi connectivity index (χ4n) is 1.70. The van der Waals surface area contributed by atoms with Gasteiger partial charge in [-0.25, -0.2) is 13.6 Å². The molecule has 0 saturated heterocycles. The first-order chi connectivity index (χ1) is 9.77. The van der Waals surface area contributed by atoms with Crippen LogP contribution in [0.1, 0.15) is 39.4 Å². The van der Waals surface area contributed by atoms with E-state index in [2.05, 4.69) is 9.82 Å². The van der Waals surface area contributed by atoms with E-state index in [0.717, 1.165) is 11.4 Å². The average Bonchev–Trinajstić information content (AvgIpc) is 2.88. The summed E-state index contributed by atoms with van der Waals surface area (Å²) in [4.78, 5) is 0. The van der Waals surface area contributed by atoms with Crippen LogP contribution in [0.4, 0.5) is 0 Å². The number of hydrogen-bond donors (Lipinski definition) is 1. The molecule has 0 bridgehead atoms. The Labute approximate surface area is 133 Å². The molecule has 2 atom stereocenters. The van der Waals surface area contributed by atoms with E-state index in [9.17, 15) is 4.21 Å². The number of aromatic nitrogens is 2. The fraction of sp³-hybridized carbons (Fsp3) is 0.400. The molecule has 0 aliphatic rings. The van der Waals surface area contributed by atoms with E-state index in [4.69, 9.17) is 11.6 Å². The summed E-state index contributed by atoms with van der Waals surface area (Å²) >= 11 is 5.88. The molecule has 0 fully saturated rings. The highest BCUT2D eigenvalue weighted by atomic mass is 35.5. The predicted octanol–water partition coefficient (Wildman–Crippen LogP) is 3.64. The summed E-state index contributed by atoms with van der Waals surface area (Å²) in [6, 6.07) is 9.31. The highest BCUT2D eigenvalue weighted by molar-refractivity contribution is 7.84. The summed E-state index contributed by atoms with van der Waals surface area (Å²) in [7, 11) is -1.12. The molecule has 0 spiro atoms. The largest absolute Gasteiger partial charge is 0.242 e. The summed E-state index contributed by atoms with van der Waals surface area (Å²) in [6.07, 6.45) is 1.89. The molecule has 6 heteroatoms. The molecule has 0 amide bonds. The van der Waals surface area contributed by atoms with Crippen LogP contribution < -0.4 is 4.72 Å². The third-order valence-electron chi connectivity index (χ3n) is 2.98. The van der Waals surface area contributed by atoms with Gasteiger partial charge in [0.25, 0.3) is 0 Å². The lowest BCUT2D eigenvalue weighted by Crippen LogP contribution is -2.35. The molecular formula is C15H20ClN3OS. The number of hydrogen-bond acceptors (Lipinski definition) is 2.